The molecule has 1 spiro atoms. The van der Waals surface area contributed by atoms with Gasteiger partial charge in [-0.15, -0.1) is 0 Å². The third-order valence-corrected chi connectivity index (χ3v) is 5.09. The molecule has 2 fully saturated rings. The van der Waals surface area contributed by atoms with Gasteiger partial charge < -0.3 is 10.6 Å². The molecule has 3 rings (SSSR count). The summed E-state index contributed by atoms with van der Waals surface area (Å²) in [6.45, 7) is 6.87. The zero-order valence-electron chi connectivity index (χ0n) is 10.5. The highest BCUT2D eigenvalue weighted by Gasteiger charge is 2.56. The predicted octanol–water partition coefficient (Wildman–Crippen LogP) is 1.98. The van der Waals surface area contributed by atoms with Crippen molar-refractivity contribution in [3.63, 3.8) is 0 Å². The van der Waals surface area contributed by atoms with E-state index in [-0.39, 0.29) is 5.54 Å². The molecule has 1 aliphatic heterocycles. The van der Waals surface area contributed by atoms with E-state index in [1.165, 1.54) is 32.1 Å². The first kappa shape index (κ1) is 10.4. The lowest BCUT2D eigenvalue weighted by atomic mass is 9.74. The van der Waals surface area contributed by atoms with Gasteiger partial charge in [-0.25, -0.2) is 0 Å². The third-order valence-electron chi connectivity index (χ3n) is 5.09. The monoisotopic (exact) mass is 221 g/mol. The first-order valence-electron chi connectivity index (χ1n) is 6.63. The van der Waals surface area contributed by atoms with Crippen molar-refractivity contribution in [3.8, 4) is 0 Å². The van der Waals surface area contributed by atoms with Gasteiger partial charge in [0.1, 0.15) is 0 Å². The molecule has 2 aliphatic carbocycles. The van der Waals surface area contributed by atoms with Crippen LogP contribution in [0.1, 0.15) is 46.0 Å². The van der Waals surface area contributed by atoms with Crippen LogP contribution in [0.25, 0.3) is 0 Å². The van der Waals surface area contributed by atoms with Crippen molar-refractivity contribution in [1.82, 2.24) is 4.90 Å². The average molecular weight is 221 g/mol. The minimum atomic E-state index is 0.250. The quantitative estimate of drug-likeness (QED) is 0.774. The zero-order valence-corrected chi connectivity index (χ0v) is 10.5. The Morgan fingerprint density at radius 3 is 2.69 bits per heavy atom. The lowest BCUT2D eigenvalue weighted by Gasteiger charge is -2.46. The Morgan fingerprint density at radius 1 is 1.38 bits per heavy atom. The van der Waals surface area contributed by atoms with Crippen LogP contribution in [0.2, 0.25) is 0 Å². The Balaban J connectivity index is 1.88. The average Bonchev–Trinajstić information content (AvgIpc) is 2.91. The van der Waals surface area contributed by atoms with Gasteiger partial charge in [-0.05, 0) is 37.0 Å². The highest BCUT2D eigenvalue weighted by Crippen LogP contribution is 2.52. The molecule has 3 aliphatic rings. The van der Waals surface area contributed by atoms with E-state index in [1.807, 2.05) is 0 Å². The van der Waals surface area contributed by atoms with Crippen LogP contribution in [-0.2, 0) is 0 Å². The fourth-order valence-corrected chi connectivity index (χ4v) is 3.62. The molecule has 1 heterocycles. The molecule has 0 amide bonds. The van der Waals surface area contributed by atoms with Gasteiger partial charge in [0, 0.05) is 6.54 Å². The van der Waals surface area contributed by atoms with Crippen LogP contribution in [0.5, 0.6) is 0 Å². The van der Waals surface area contributed by atoms with E-state index in [2.05, 4.69) is 23.7 Å². The predicted molar refractivity (Wildman–Crippen MR) is 66.3 cm³/mol. The van der Waals surface area contributed by atoms with E-state index in [9.17, 15) is 0 Å². The summed E-state index contributed by atoms with van der Waals surface area (Å²) in [5.74, 6) is 1.70. The normalized spacial score (nSPS) is 37.1. The number of hydrogen-bond acceptors (Lipinski definition) is 3. The summed E-state index contributed by atoms with van der Waals surface area (Å²) in [4.78, 5) is 7.01. The van der Waals surface area contributed by atoms with E-state index in [1.54, 1.807) is 0 Å². The SMILES string of the molecule is CC1(C)CCCC12CN=C(N)N2CC1CC1. The highest BCUT2D eigenvalue weighted by atomic mass is 15.4. The van der Waals surface area contributed by atoms with Gasteiger partial charge >= 0.3 is 0 Å². The minimum Gasteiger partial charge on any atom is -0.370 e. The Labute approximate surface area is 98.1 Å². The van der Waals surface area contributed by atoms with Crippen molar-refractivity contribution in [2.24, 2.45) is 22.1 Å². The van der Waals surface area contributed by atoms with Crippen LogP contribution in [0.15, 0.2) is 4.99 Å². The Bertz CT molecular complexity index is 330. The number of nitrogens with zero attached hydrogens (tertiary/aromatic N) is 2. The molecule has 0 aromatic heterocycles. The van der Waals surface area contributed by atoms with Gasteiger partial charge in [0.05, 0.1) is 12.1 Å². The van der Waals surface area contributed by atoms with Gasteiger partial charge in [-0.2, -0.15) is 0 Å². The smallest absolute Gasteiger partial charge is 0.191 e. The number of guanidine groups is 1. The van der Waals surface area contributed by atoms with E-state index in [0.29, 0.717) is 5.41 Å². The third kappa shape index (κ3) is 1.30. The summed E-state index contributed by atoms with van der Waals surface area (Å²) in [6.07, 6.45) is 6.70. The topological polar surface area (TPSA) is 41.6 Å². The number of hydrogen-bond donors (Lipinski definition) is 1. The van der Waals surface area contributed by atoms with Crippen molar-refractivity contribution in [2.75, 3.05) is 13.1 Å². The standard InChI is InChI=1S/C13H23N3/c1-12(2)6-3-7-13(12)9-15-11(14)16(13)8-10-4-5-10/h10H,3-9H2,1-2H3,(H2,14,15). The molecule has 3 heteroatoms. The van der Waals surface area contributed by atoms with Crippen molar-refractivity contribution >= 4 is 5.96 Å². The number of nitrogens with two attached hydrogens (primary N) is 1. The maximum absolute atomic E-state index is 6.11. The van der Waals surface area contributed by atoms with Crippen LogP contribution in [0.4, 0.5) is 0 Å². The highest BCUT2D eigenvalue weighted by molar-refractivity contribution is 5.81. The summed E-state index contributed by atoms with van der Waals surface area (Å²) in [5.41, 5.74) is 6.72. The van der Waals surface area contributed by atoms with E-state index in [4.69, 9.17) is 5.73 Å². The lowest BCUT2D eigenvalue weighted by molar-refractivity contribution is 0.0802. The van der Waals surface area contributed by atoms with Crippen molar-refractivity contribution in [2.45, 2.75) is 51.5 Å². The Hall–Kier alpha value is -0.730. The molecule has 0 aromatic rings. The fourth-order valence-electron chi connectivity index (χ4n) is 3.62. The van der Waals surface area contributed by atoms with Crippen LogP contribution < -0.4 is 5.73 Å². The minimum absolute atomic E-state index is 0.250. The molecule has 0 radical (unpaired) electrons. The molecule has 3 nitrogen and oxygen atoms in total. The fraction of sp³-hybridized carbons (Fsp3) is 0.923. The molecule has 1 atom stereocenters. The van der Waals surface area contributed by atoms with Crippen LogP contribution in [0.3, 0.4) is 0 Å². The molecule has 0 saturated heterocycles. The summed E-state index contributed by atoms with van der Waals surface area (Å²) in [7, 11) is 0. The number of rotatable bonds is 2. The molecule has 1 unspecified atom stereocenters. The summed E-state index contributed by atoms with van der Waals surface area (Å²) in [6, 6.07) is 0. The molecule has 0 aromatic carbocycles. The number of aliphatic imine (C=N–C) groups is 1. The summed E-state index contributed by atoms with van der Waals surface area (Å²) < 4.78 is 0. The van der Waals surface area contributed by atoms with Crippen LogP contribution in [-0.4, -0.2) is 29.5 Å². The second kappa shape index (κ2) is 3.14. The molecular formula is C13H23N3. The lowest BCUT2D eigenvalue weighted by Crippen LogP contribution is -2.57. The van der Waals surface area contributed by atoms with Gasteiger partial charge in [-0.3, -0.25) is 4.99 Å². The van der Waals surface area contributed by atoms with Gasteiger partial charge in [0.2, 0.25) is 0 Å². The first-order valence-corrected chi connectivity index (χ1v) is 6.63. The molecule has 2 saturated carbocycles. The van der Waals surface area contributed by atoms with Crippen molar-refractivity contribution in [3.05, 3.63) is 0 Å². The Kier molecular flexibility index (Phi) is 2.05. The van der Waals surface area contributed by atoms with E-state index < -0.39 is 0 Å². The first-order chi connectivity index (χ1) is 7.55. The molecular weight excluding hydrogens is 198 g/mol. The maximum atomic E-state index is 6.11. The van der Waals surface area contributed by atoms with Crippen molar-refractivity contribution < 1.29 is 0 Å². The maximum Gasteiger partial charge on any atom is 0.191 e. The van der Waals surface area contributed by atoms with Gasteiger partial charge in [-0.1, -0.05) is 20.3 Å². The largest absolute Gasteiger partial charge is 0.370 e. The van der Waals surface area contributed by atoms with E-state index >= 15 is 0 Å². The summed E-state index contributed by atoms with van der Waals surface area (Å²) >= 11 is 0. The molecule has 0 bridgehead atoms. The van der Waals surface area contributed by atoms with Gasteiger partial charge in [0.25, 0.3) is 0 Å². The van der Waals surface area contributed by atoms with Crippen molar-refractivity contribution in [1.29, 1.82) is 0 Å². The molecule has 16 heavy (non-hydrogen) atoms. The zero-order chi connectivity index (χ0) is 11.4. The second-order valence-electron chi connectivity index (χ2n) is 6.50. The van der Waals surface area contributed by atoms with Crippen LogP contribution in [0, 0.1) is 11.3 Å². The van der Waals surface area contributed by atoms with Gasteiger partial charge in [0.15, 0.2) is 5.96 Å². The van der Waals surface area contributed by atoms with Crippen LogP contribution >= 0.6 is 0 Å². The summed E-state index contributed by atoms with van der Waals surface area (Å²) in [5, 5.41) is 0. The molecule has 2 N–H and O–H groups in total. The molecule has 90 valence electrons. The second-order valence-corrected chi connectivity index (χ2v) is 6.50. The van der Waals surface area contributed by atoms with E-state index in [0.717, 1.165) is 25.0 Å². The Morgan fingerprint density at radius 2 is 2.12 bits per heavy atom.